The first-order valence-corrected chi connectivity index (χ1v) is 11.7. The van der Waals surface area contributed by atoms with Gasteiger partial charge in [-0.15, -0.1) is 0 Å². The van der Waals surface area contributed by atoms with Crippen molar-refractivity contribution in [1.29, 1.82) is 0 Å². The lowest BCUT2D eigenvalue weighted by molar-refractivity contribution is -0.131. The van der Waals surface area contributed by atoms with Crippen molar-refractivity contribution in [3.63, 3.8) is 0 Å². The second-order valence-corrected chi connectivity index (χ2v) is 9.13. The van der Waals surface area contributed by atoms with Gasteiger partial charge in [-0.2, -0.15) is 0 Å². The summed E-state index contributed by atoms with van der Waals surface area (Å²) in [6, 6.07) is 12.0. The number of guanidine groups is 1. The topological polar surface area (TPSA) is 60.0 Å². The molecule has 0 atom stereocenters. The molecular formula is C24H37N5O. The van der Waals surface area contributed by atoms with E-state index in [1.54, 1.807) is 7.05 Å². The molecule has 164 valence electrons. The molecule has 2 aliphatic heterocycles. The van der Waals surface area contributed by atoms with Crippen molar-refractivity contribution >= 4 is 11.9 Å². The highest BCUT2D eigenvalue weighted by molar-refractivity contribution is 5.86. The molecule has 1 aliphatic carbocycles. The lowest BCUT2D eigenvalue weighted by Crippen LogP contribution is -2.51. The van der Waals surface area contributed by atoms with E-state index >= 15 is 0 Å². The number of amides is 1. The molecule has 3 aliphatic rings. The average molecular weight is 412 g/mol. The van der Waals surface area contributed by atoms with Gasteiger partial charge in [0.25, 0.3) is 0 Å². The highest BCUT2D eigenvalue weighted by atomic mass is 16.2. The largest absolute Gasteiger partial charge is 0.354 e. The first-order valence-electron chi connectivity index (χ1n) is 11.7. The fourth-order valence-corrected chi connectivity index (χ4v) is 4.84. The van der Waals surface area contributed by atoms with Crippen LogP contribution in [-0.2, 0) is 11.2 Å². The number of hydrogen-bond acceptors (Lipinski definition) is 3. The van der Waals surface area contributed by atoms with Crippen LogP contribution in [0.4, 0.5) is 0 Å². The van der Waals surface area contributed by atoms with Crippen molar-refractivity contribution < 1.29 is 4.79 Å². The van der Waals surface area contributed by atoms with Gasteiger partial charge < -0.3 is 20.4 Å². The summed E-state index contributed by atoms with van der Waals surface area (Å²) in [5.41, 5.74) is 1.40. The van der Waals surface area contributed by atoms with E-state index in [0.29, 0.717) is 18.5 Å². The van der Waals surface area contributed by atoms with Crippen LogP contribution in [0.5, 0.6) is 0 Å². The monoisotopic (exact) mass is 411 g/mol. The third-order valence-corrected chi connectivity index (χ3v) is 6.90. The summed E-state index contributed by atoms with van der Waals surface area (Å²) in [4.78, 5) is 21.6. The molecule has 0 spiro atoms. The molecule has 6 heteroatoms. The van der Waals surface area contributed by atoms with E-state index in [0.717, 1.165) is 57.2 Å². The Balaban J connectivity index is 1.14. The number of benzene rings is 1. The minimum absolute atomic E-state index is 0.180. The van der Waals surface area contributed by atoms with Crippen molar-refractivity contribution in [1.82, 2.24) is 20.4 Å². The fourth-order valence-electron chi connectivity index (χ4n) is 4.84. The Morgan fingerprint density at radius 3 is 2.33 bits per heavy atom. The zero-order valence-corrected chi connectivity index (χ0v) is 18.4. The van der Waals surface area contributed by atoms with E-state index in [9.17, 15) is 4.79 Å². The third kappa shape index (κ3) is 5.97. The maximum absolute atomic E-state index is 12.7. The Kier molecular flexibility index (Phi) is 7.26. The number of carbonyl (C=O) groups excluding carboxylic acids is 1. The molecule has 1 aromatic carbocycles. The number of hydrogen-bond donors (Lipinski definition) is 2. The van der Waals surface area contributed by atoms with Gasteiger partial charge in [0.1, 0.15) is 0 Å². The van der Waals surface area contributed by atoms with E-state index in [1.807, 2.05) is 4.90 Å². The molecule has 3 fully saturated rings. The Hall–Kier alpha value is -2.08. The maximum atomic E-state index is 12.7. The number of carbonyl (C=O) groups is 1. The minimum atomic E-state index is 0.180. The molecule has 30 heavy (non-hydrogen) atoms. The predicted octanol–water partition coefficient (Wildman–Crippen LogP) is 2.26. The van der Waals surface area contributed by atoms with E-state index in [4.69, 9.17) is 0 Å². The first kappa shape index (κ1) is 21.2. The van der Waals surface area contributed by atoms with Crippen LogP contribution in [0.3, 0.4) is 0 Å². The van der Waals surface area contributed by atoms with Gasteiger partial charge in [0.15, 0.2) is 5.96 Å². The molecule has 0 bridgehead atoms. The Morgan fingerprint density at radius 2 is 1.70 bits per heavy atom. The fraction of sp³-hybridized carbons (Fsp3) is 0.667. The summed E-state index contributed by atoms with van der Waals surface area (Å²) < 4.78 is 0. The summed E-state index contributed by atoms with van der Waals surface area (Å²) in [5.74, 6) is 1.62. The van der Waals surface area contributed by atoms with Crippen molar-refractivity contribution in [2.24, 2.45) is 10.9 Å². The molecule has 0 radical (unpaired) electrons. The number of likely N-dealkylation sites (tertiary alicyclic amines) is 2. The summed E-state index contributed by atoms with van der Waals surface area (Å²) >= 11 is 0. The summed E-state index contributed by atoms with van der Waals surface area (Å²) in [6.45, 7) is 4.41. The normalized spacial score (nSPS) is 22.2. The van der Waals surface area contributed by atoms with E-state index < -0.39 is 0 Å². The Bertz CT molecular complexity index is 702. The van der Waals surface area contributed by atoms with Crippen LogP contribution in [0.25, 0.3) is 0 Å². The van der Waals surface area contributed by atoms with Crippen LogP contribution in [0.1, 0.15) is 44.1 Å². The molecule has 0 unspecified atom stereocenters. The minimum Gasteiger partial charge on any atom is -0.354 e. The second kappa shape index (κ2) is 10.3. The van der Waals surface area contributed by atoms with Crippen LogP contribution >= 0.6 is 0 Å². The van der Waals surface area contributed by atoms with Crippen LogP contribution in [0.15, 0.2) is 35.3 Å². The van der Waals surface area contributed by atoms with Crippen LogP contribution < -0.4 is 10.6 Å². The van der Waals surface area contributed by atoms with Gasteiger partial charge in [-0.25, -0.2) is 0 Å². The zero-order chi connectivity index (χ0) is 20.8. The molecule has 2 saturated heterocycles. The van der Waals surface area contributed by atoms with E-state index in [-0.39, 0.29) is 5.91 Å². The number of aliphatic imine (C=N–C) groups is 1. The number of rotatable bonds is 6. The highest BCUT2D eigenvalue weighted by Gasteiger charge is 2.32. The summed E-state index contributed by atoms with van der Waals surface area (Å²) in [6.07, 6.45) is 8.37. The highest BCUT2D eigenvalue weighted by Crippen LogP contribution is 2.29. The Morgan fingerprint density at radius 1 is 1.00 bits per heavy atom. The van der Waals surface area contributed by atoms with Gasteiger partial charge >= 0.3 is 0 Å². The molecule has 1 amide bonds. The van der Waals surface area contributed by atoms with Crippen LogP contribution in [0.2, 0.25) is 0 Å². The van der Waals surface area contributed by atoms with Gasteiger partial charge in [0.05, 0.1) is 6.54 Å². The molecule has 1 aromatic rings. The van der Waals surface area contributed by atoms with Gasteiger partial charge in [-0.1, -0.05) is 30.3 Å². The van der Waals surface area contributed by atoms with Crippen LogP contribution in [-0.4, -0.2) is 73.5 Å². The third-order valence-electron chi connectivity index (χ3n) is 6.90. The quantitative estimate of drug-likeness (QED) is 0.557. The maximum Gasteiger partial charge on any atom is 0.241 e. The predicted molar refractivity (Wildman–Crippen MR) is 122 cm³/mol. The molecule has 1 saturated carbocycles. The van der Waals surface area contributed by atoms with Gasteiger partial charge in [0, 0.05) is 45.3 Å². The lowest BCUT2D eigenvalue weighted by Gasteiger charge is -2.34. The Labute approximate surface area is 181 Å². The van der Waals surface area contributed by atoms with Crippen molar-refractivity contribution in [3.8, 4) is 0 Å². The number of nitrogens with one attached hydrogen (secondary N) is 2. The SMILES string of the molecule is CN=C(NCC(=O)N1CCC(Cc2ccccc2)CC1)NC1CCN(C2CC2)CC1. The average Bonchev–Trinajstić information content (AvgIpc) is 3.63. The van der Waals surface area contributed by atoms with Crippen molar-refractivity contribution in [2.45, 2.75) is 57.0 Å². The number of nitrogens with zero attached hydrogens (tertiary/aromatic N) is 3. The van der Waals surface area contributed by atoms with Crippen molar-refractivity contribution in [2.75, 3.05) is 39.8 Å². The van der Waals surface area contributed by atoms with Gasteiger partial charge in [-0.05, 0) is 56.4 Å². The van der Waals surface area contributed by atoms with Crippen molar-refractivity contribution in [3.05, 3.63) is 35.9 Å². The second-order valence-electron chi connectivity index (χ2n) is 9.13. The van der Waals surface area contributed by atoms with Crippen LogP contribution in [0, 0.1) is 5.92 Å². The standard InChI is InChI=1S/C24H37N5O/c1-25-24(27-21-11-15-28(16-12-21)22-7-8-22)26-18-23(30)29-13-9-20(10-14-29)17-19-5-3-2-4-6-19/h2-6,20-22H,7-18H2,1H3,(H2,25,26,27). The van der Waals surface area contributed by atoms with E-state index in [2.05, 4.69) is 50.9 Å². The zero-order valence-electron chi connectivity index (χ0n) is 18.4. The molecule has 0 aromatic heterocycles. The molecular weight excluding hydrogens is 374 g/mol. The first-order chi connectivity index (χ1) is 14.7. The summed E-state index contributed by atoms with van der Waals surface area (Å²) in [5, 5.41) is 6.76. The lowest BCUT2D eigenvalue weighted by atomic mass is 9.90. The molecule has 4 rings (SSSR count). The molecule has 6 nitrogen and oxygen atoms in total. The smallest absolute Gasteiger partial charge is 0.241 e. The summed E-state index contributed by atoms with van der Waals surface area (Å²) in [7, 11) is 1.79. The van der Waals surface area contributed by atoms with Gasteiger partial charge in [0.2, 0.25) is 5.91 Å². The van der Waals surface area contributed by atoms with Gasteiger partial charge in [-0.3, -0.25) is 9.79 Å². The molecule has 2 heterocycles. The van der Waals surface area contributed by atoms with E-state index in [1.165, 1.54) is 31.5 Å². The molecule has 2 N–H and O–H groups in total. The number of piperidine rings is 2.